The van der Waals surface area contributed by atoms with Crippen LogP contribution >= 0.6 is 0 Å². The molecule has 14 heavy (non-hydrogen) atoms. The molecule has 4 nitrogen and oxygen atoms in total. The molecule has 0 aromatic heterocycles. The van der Waals surface area contributed by atoms with E-state index in [0.717, 1.165) is 0 Å². The summed E-state index contributed by atoms with van der Waals surface area (Å²) in [4.78, 5) is 10.2. The van der Waals surface area contributed by atoms with Gasteiger partial charge in [-0.15, -0.1) is 0 Å². The normalized spacial score (nSPS) is 7.71. The Morgan fingerprint density at radius 2 is 2.00 bits per heavy atom. The fourth-order valence-electron chi connectivity index (χ4n) is 0.383. The van der Waals surface area contributed by atoms with Crippen LogP contribution in [-0.4, -0.2) is 56.9 Å². The third-order valence-electron chi connectivity index (χ3n) is 0.974. The van der Waals surface area contributed by atoms with Gasteiger partial charge in [-0.25, -0.2) is 4.79 Å². The molecule has 0 aliphatic heterocycles. The molecule has 0 saturated heterocycles. The monoisotopic (exact) mass is 197 g/mol. The molecule has 0 bridgehead atoms. The SMILES string of the molecule is C=C(C)C(=O)OC.CCOCCO.[Li]. The van der Waals surface area contributed by atoms with Gasteiger partial charge in [-0.3, -0.25) is 0 Å². The second-order valence-corrected chi connectivity index (χ2v) is 2.19. The van der Waals surface area contributed by atoms with Crippen molar-refractivity contribution in [2.45, 2.75) is 13.8 Å². The molecule has 0 amide bonds. The topological polar surface area (TPSA) is 55.8 Å². The van der Waals surface area contributed by atoms with Gasteiger partial charge in [0.2, 0.25) is 0 Å². The van der Waals surface area contributed by atoms with Crippen LogP contribution in [-0.2, 0) is 14.3 Å². The van der Waals surface area contributed by atoms with Crippen molar-refractivity contribution in [1.82, 2.24) is 0 Å². The first kappa shape index (κ1) is 19.3. The zero-order chi connectivity index (χ0) is 10.7. The molecule has 5 heteroatoms. The summed E-state index contributed by atoms with van der Waals surface area (Å²) in [7, 11) is 1.33. The minimum atomic E-state index is -0.347. The first-order valence-electron chi connectivity index (χ1n) is 4.02. The number of hydrogen-bond donors (Lipinski definition) is 1. The van der Waals surface area contributed by atoms with E-state index in [1.807, 2.05) is 6.92 Å². The molecular weight excluding hydrogens is 179 g/mol. The Hall–Kier alpha value is -0.273. The molecule has 0 heterocycles. The Kier molecular flexibility index (Phi) is 21.0. The summed E-state index contributed by atoms with van der Waals surface area (Å²) in [6, 6.07) is 0. The average Bonchev–Trinajstić information content (AvgIpc) is 2.14. The van der Waals surface area contributed by atoms with E-state index in [1.165, 1.54) is 7.11 Å². The van der Waals surface area contributed by atoms with Crippen LogP contribution in [0.3, 0.4) is 0 Å². The van der Waals surface area contributed by atoms with Gasteiger partial charge in [0.1, 0.15) is 0 Å². The fraction of sp³-hybridized carbons (Fsp3) is 0.667. The van der Waals surface area contributed by atoms with E-state index in [4.69, 9.17) is 9.84 Å². The molecule has 0 spiro atoms. The number of aliphatic hydroxyl groups excluding tert-OH is 1. The van der Waals surface area contributed by atoms with Gasteiger partial charge in [0.15, 0.2) is 0 Å². The summed E-state index contributed by atoms with van der Waals surface area (Å²) in [5.74, 6) is -0.347. The summed E-state index contributed by atoms with van der Waals surface area (Å²) in [5, 5.41) is 8.07. The zero-order valence-corrected chi connectivity index (χ0v) is 9.50. The van der Waals surface area contributed by atoms with Gasteiger partial charge >= 0.3 is 5.97 Å². The van der Waals surface area contributed by atoms with Gasteiger partial charge in [0, 0.05) is 31.0 Å². The minimum Gasteiger partial charge on any atom is -0.466 e. The molecule has 0 saturated carbocycles. The molecule has 0 unspecified atom stereocenters. The van der Waals surface area contributed by atoms with E-state index in [0.29, 0.717) is 18.8 Å². The van der Waals surface area contributed by atoms with E-state index in [9.17, 15) is 4.79 Å². The van der Waals surface area contributed by atoms with Gasteiger partial charge in [0.25, 0.3) is 0 Å². The Bertz CT molecular complexity index is 144. The van der Waals surface area contributed by atoms with E-state index in [2.05, 4.69) is 11.3 Å². The number of carbonyl (C=O) groups is 1. The summed E-state index contributed by atoms with van der Waals surface area (Å²) in [6.07, 6.45) is 0. The molecular formula is C9H18LiO4. The Labute approximate surface area is 97.5 Å². The molecule has 79 valence electrons. The maximum absolute atomic E-state index is 10.2. The van der Waals surface area contributed by atoms with Crippen molar-refractivity contribution in [1.29, 1.82) is 0 Å². The Balaban J connectivity index is -0.000000163. The predicted molar refractivity (Wildman–Crippen MR) is 56.2 cm³/mol. The van der Waals surface area contributed by atoms with Crippen LogP contribution in [0.15, 0.2) is 12.2 Å². The largest absolute Gasteiger partial charge is 0.466 e. The van der Waals surface area contributed by atoms with Gasteiger partial charge in [-0.05, 0) is 13.8 Å². The van der Waals surface area contributed by atoms with Crippen molar-refractivity contribution in [3.05, 3.63) is 12.2 Å². The maximum Gasteiger partial charge on any atom is 0.332 e. The fourth-order valence-corrected chi connectivity index (χ4v) is 0.383. The molecule has 0 fully saturated rings. The first-order valence-corrected chi connectivity index (χ1v) is 4.02. The molecule has 0 rings (SSSR count). The molecule has 0 aromatic carbocycles. The number of rotatable bonds is 4. The van der Waals surface area contributed by atoms with Gasteiger partial charge in [-0.2, -0.15) is 0 Å². The van der Waals surface area contributed by atoms with Crippen molar-refractivity contribution in [3.63, 3.8) is 0 Å². The molecule has 0 aromatic rings. The Morgan fingerprint density at radius 1 is 1.50 bits per heavy atom. The van der Waals surface area contributed by atoms with Gasteiger partial charge in [0.05, 0.1) is 20.3 Å². The van der Waals surface area contributed by atoms with Crippen molar-refractivity contribution in [2.75, 3.05) is 26.9 Å². The van der Waals surface area contributed by atoms with Gasteiger partial charge in [-0.1, -0.05) is 6.58 Å². The van der Waals surface area contributed by atoms with Crippen LogP contribution in [0.2, 0.25) is 0 Å². The quantitative estimate of drug-likeness (QED) is 0.306. The third kappa shape index (κ3) is 17.7. The van der Waals surface area contributed by atoms with Crippen LogP contribution in [0.5, 0.6) is 0 Å². The number of aliphatic hydroxyl groups is 1. The minimum absolute atomic E-state index is 0. The Morgan fingerprint density at radius 3 is 2.07 bits per heavy atom. The molecule has 0 aliphatic carbocycles. The smallest absolute Gasteiger partial charge is 0.332 e. The van der Waals surface area contributed by atoms with Crippen LogP contribution in [0.1, 0.15) is 13.8 Å². The average molecular weight is 197 g/mol. The third-order valence-corrected chi connectivity index (χ3v) is 0.974. The molecule has 0 aliphatic rings. The van der Waals surface area contributed by atoms with Crippen LogP contribution < -0.4 is 0 Å². The van der Waals surface area contributed by atoms with E-state index >= 15 is 0 Å². The predicted octanol–water partition coefficient (Wildman–Crippen LogP) is 0.370. The second kappa shape index (κ2) is 15.2. The summed E-state index contributed by atoms with van der Waals surface area (Å²) in [5.41, 5.74) is 0.433. The van der Waals surface area contributed by atoms with E-state index < -0.39 is 0 Å². The summed E-state index contributed by atoms with van der Waals surface area (Å²) >= 11 is 0. The standard InChI is InChI=1S/C5H8O2.C4H10O2.Li/c1-4(2)5(6)7-3;1-2-6-4-3-5;/h1H2,2-3H3;5H,2-4H2,1H3;. The number of carbonyl (C=O) groups excluding carboxylic acids is 1. The molecule has 0 atom stereocenters. The van der Waals surface area contributed by atoms with Crippen LogP contribution in [0.4, 0.5) is 0 Å². The number of esters is 1. The summed E-state index contributed by atoms with van der Waals surface area (Å²) in [6.45, 7) is 8.15. The zero-order valence-electron chi connectivity index (χ0n) is 9.50. The molecule has 1 N–H and O–H groups in total. The van der Waals surface area contributed by atoms with E-state index in [-0.39, 0.29) is 31.4 Å². The molecule has 1 radical (unpaired) electrons. The first-order chi connectivity index (χ1) is 6.09. The van der Waals surface area contributed by atoms with Crippen molar-refractivity contribution in [3.8, 4) is 0 Å². The van der Waals surface area contributed by atoms with Crippen LogP contribution in [0.25, 0.3) is 0 Å². The number of methoxy groups -OCH3 is 1. The van der Waals surface area contributed by atoms with Gasteiger partial charge < -0.3 is 14.6 Å². The van der Waals surface area contributed by atoms with Crippen molar-refractivity contribution in [2.24, 2.45) is 0 Å². The second-order valence-electron chi connectivity index (χ2n) is 2.19. The van der Waals surface area contributed by atoms with Crippen molar-refractivity contribution < 1.29 is 19.4 Å². The van der Waals surface area contributed by atoms with Crippen molar-refractivity contribution >= 4 is 24.8 Å². The van der Waals surface area contributed by atoms with Crippen LogP contribution in [0, 0.1) is 0 Å². The van der Waals surface area contributed by atoms with E-state index in [1.54, 1.807) is 6.92 Å². The maximum atomic E-state index is 10.2. The number of ether oxygens (including phenoxy) is 2. The number of hydrogen-bond acceptors (Lipinski definition) is 4. The summed E-state index contributed by atoms with van der Waals surface area (Å²) < 4.78 is 9.01.